The van der Waals surface area contributed by atoms with E-state index in [9.17, 15) is 9.50 Å². The monoisotopic (exact) mass is 432 g/mol. The SMILES string of the molecule is Cc1cnc([C@@](C)(O)C#Cc2cccc(-c3nc(COCN)c4ccc(F)cc4n3)c2)o1. The molecular formula is C24H21FN4O3. The number of fused-ring (bicyclic) bond motifs is 1. The highest BCUT2D eigenvalue weighted by Gasteiger charge is 2.26. The lowest BCUT2D eigenvalue weighted by atomic mass is 10.1. The number of aromatic nitrogens is 3. The van der Waals surface area contributed by atoms with Crippen molar-refractivity contribution >= 4 is 10.9 Å². The van der Waals surface area contributed by atoms with Gasteiger partial charge in [-0.3, -0.25) is 0 Å². The summed E-state index contributed by atoms with van der Waals surface area (Å²) < 4.78 is 24.5. The van der Waals surface area contributed by atoms with Crippen LogP contribution in [0.3, 0.4) is 0 Å². The molecule has 0 bridgehead atoms. The van der Waals surface area contributed by atoms with E-state index in [0.29, 0.717) is 39.3 Å². The molecule has 0 amide bonds. The summed E-state index contributed by atoms with van der Waals surface area (Å²) in [4.78, 5) is 13.2. The smallest absolute Gasteiger partial charge is 0.239 e. The average Bonchev–Trinajstić information content (AvgIpc) is 3.23. The number of aliphatic hydroxyl groups is 1. The highest BCUT2D eigenvalue weighted by atomic mass is 19.1. The van der Waals surface area contributed by atoms with E-state index in [1.807, 2.05) is 6.07 Å². The molecular weight excluding hydrogens is 411 g/mol. The van der Waals surface area contributed by atoms with E-state index in [2.05, 4.69) is 26.8 Å². The fraction of sp³-hybridized carbons (Fsp3) is 0.208. The maximum absolute atomic E-state index is 13.8. The minimum absolute atomic E-state index is 0.0388. The van der Waals surface area contributed by atoms with Gasteiger partial charge in [-0.25, -0.2) is 19.3 Å². The first-order chi connectivity index (χ1) is 15.4. The van der Waals surface area contributed by atoms with Crippen LogP contribution in [0.15, 0.2) is 53.1 Å². The topological polar surface area (TPSA) is 107 Å². The molecule has 4 aromatic rings. The van der Waals surface area contributed by atoms with Crippen LogP contribution in [0.1, 0.15) is 29.8 Å². The molecule has 0 aliphatic rings. The third-order valence-electron chi connectivity index (χ3n) is 4.70. The summed E-state index contributed by atoms with van der Waals surface area (Å²) in [7, 11) is 0. The summed E-state index contributed by atoms with van der Waals surface area (Å²) in [5, 5.41) is 11.3. The Kier molecular flexibility index (Phi) is 5.97. The summed E-state index contributed by atoms with van der Waals surface area (Å²) in [6.07, 6.45) is 1.53. The second-order valence-corrected chi connectivity index (χ2v) is 7.35. The number of nitrogens with two attached hydrogens (primary N) is 1. The van der Waals surface area contributed by atoms with E-state index in [-0.39, 0.29) is 19.2 Å². The van der Waals surface area contributed by atoms with E-state index < -0.39 is 11.4 Å². The third-order valence-corrected chi connectivity index (χ3v) is 4.70. The number of hydrogen-bond donors (Lipinski definition) is 2. The Morgan fingerprint density at radius 2 is 2.06 bits per heavy atom. The Balaban J connectivity index is 1.72. The number of hydrogen-bond acceptors (Lipinski definition) is 7. The molecule has 2 heterocycles. The molecule has 1 atom stereocenters. The Bertz CT molecular complexity index is 1340. The van der Waals surface area contributed by atoms with Crippen LogP contribution in [0.2, 0.25) is 0 Å². The van der Waals surface area contributed by atoms with Crippen molar-refractivity contribution < 1.29 is 18.7 Å². The molecule has 0 fully saturated rings. The van der Waals surface area contributed by atoms with E-state index in [1.54, 1.807) is 31.2 Å². The molecule has 0 saturated carbocycles. The van der Waals surface area contributed by atoms with Crippen molar-refractivity contribution in [3.05, 3.63) is 77.4 Å². The minimum Gasteiger partial charge on any atom is -0.442 e. The van der Waals surface area contributed by atoms with Gasteiger partial charge in [0.25, 0.3) is 0 Å². The predicted octanol–water partition coefficient (Wildman–Crippen LogP) is 3.42. The molecule has 0 spiro atoms. The van der Waals surface area contributed by atoms with Gasteiger partial charge >= 0.3 is 0 Å². The van der Waals surface area contributed by atoms with Gasteiger partial charge in [0.2, 0.25) is 5.89 Å². The molecule has 2 aromatic heterocycles. The lowest BCUT2D eigenvalue weighted by molar-refractivity contribution is 0.0882. The summed E-state index contributed by atoms with van der Waals surface area (Å²) in [6.45, 7) is 3.47. The number of halogens is 1. The van der Waals surface area contributed by atoms with Gasteiger partial charge in [0.05, 0.1) is 30.7 Å². The summed E-state index contributed by atoms with van der Waals surface area (Å²) >= 11 is 0. The number of oxazole rings is 1. The van der Waals surface area contributed by atoms with E-state index >= 15 is 0 Å². The summed E-state index contributed by atoms with van der Waals surface area (Å²) in [6, 6.07) is 11.6. The van der Waals surface area contributed by atoms with Gasteiger partial charge in [-0.15, -0.1) is 0 Å². The minimum atomic E-state index is -1.55. The molecule has 0 unspecified atom stereocenters. The highest BCUT2D eigenvalue weighted by Crippen LogP contribution is 2.24. The number of benzene rings is 2. The first-order valence-electron chi connectivity index (χ1n) is 9.88. The van der Waals surface area contributed by atoms with Crippen molar-refractivity contribution in [3.8, 4) is 23.2 Å². The van der Waals surface area contributed by atoms with Gasteiger partial charge in [0, 0.05) is 22.6 Å². The lowest BCUT2D eigenvalue weighted by Crippen LogP contribution is -2.18. The fourth-order valence-electron chi connectivity index (χ4n) is 3.13. The Labute approximate surface area is 184 Å². The molecule has 0 aliphatic carbocycles. The van der Waals surface area contributed by atoms with Crippen LogP contribution in [-0.2, 0) is 16.9 Å². The molecule has 3 N–H and O–H groups in total. The lowest BCUT2D eigenvalue weighted by Gasteiger charge is -2.11. The standard InChI is InChI=1S/C24H21FN4O3/c1-15-12-27-23(32-15)24(2,30)9-8-16-4-3-5-17(10-16)22-28-20-11-18(25)6-7-19(20)21(29-22)13-31-14-26/h3-7,10-12,30H,13-14,26H2,1-2H3/t24-/m0/s1. The van der Waals surface area contributed by atoms with Crippen LogP contribution in [-0.4, -0.2) is 26.8 Å². The normalized spacial score (nSPS) is 12.9. The highest BCUT2D eigenvalue weighted by molar-refractivity contribution is 5.82. The van der Waals surface area contributed by atoms with Crippen molar-refractivity contribution in [1.82, 2.24) is 15.0 Å². The maximum Gasteiger partial charge on any atom is 0.239 e. The second kappa shape index (κ2) is 8.85. The Hall–Kier alpha value is -3.64. The zero-order chi connectivity index (χ0) is 22.7. The van der Waals surface area contributed by atoms with Crippen molar-refractivity contribution in [3.63, 3.8) is 0 Å². The van der Waals surface area contributed by atoms with Gasteiger partial charge in [-0.05, 0) is 38.1 Å². The first-order valence-corrected chi connectivity index (χ1v) is 9.88. The molecule has 0 aliphatic heterocycles. The summed E-state index contributed by atoms with van der Waals surface area (Å²) in [5.41, 5.74) is 6.29. The van der Waals surface area contributed by atoms with Crippen LogP contribution in [0, 0.1) is 24.6 Å². The van der Waals surface area contributed by atoms with E-state index in [4.69, 9.17) is 14.9 Å². The maximum atomic E-state index is 13.8. The fourth-order valence-corrected chi connectivity index (χ4v) is 3.13. The molecule has 8 heteroatoms. The van der Waals surface area contributed by atoms with Crippen molar-refractivity contribution in [2.24, 2.45) is 5.73 Å². The molecule has 0 saturated heterocycles. The molecule has 2 aromatic carbocycles. The predicted molar refractivity (Wildman–Crippen MR) is 116 cm³/mol. The number of rotatable bonds is 5. The van der Waals surface area contributed by atoms with Crippen LogP contribution in [0.5, 0.6) is 0 Å². The van der Waals surface area contributed by atoms with Crippen LogP contribution < -0.4 is 5.73 Å². The second-order valence-electron chi connectivity index (χ2n) is 7.35. The number of nitrogens with zero attached hydrogens (tertiary/aromatic N) is 3. The van der Waals surface area contributed by atoms with Gasteiger partial charge in [0.15, 0.2) is 11.4 Å². The van der Waals surface area contributed by atoms with Gasteiger partial charge in [-0.2, -0.15) is 0 Å². The quantitative estimate of drug-likeness (QED) is 0.367. The van der Waals surface area contributed by atoms with Crippen molar-refractivity contribution in [2.75, 3.05) is 6.73 Å². The van der Waals surface area contributed by atoms with Crippen molar-refractivity contribution in [2.45, 2.75) is 26.1 Å². The largest absolute Gasteiger partial charge is 0.442 e. The molecule has 0 radical (unpaired) electrons. The Morgan fingerprint density at radius 3 is 2.81 bits per heavy atom. The third kappa shape index (κ3) is 4.65. The van der Waals surface area contributed by atoms with Crippen LogP contribution >= 0.6 is 0 Å². The van der Waals surface area contributed by atoms with Gasteiger partial charge in [0.1, 0.15) is 11.6 Å². The molecule has 32 heavy (non-hydrogen) atoms. The first kappa shape index (κ1) is 21.6. The van der Waals surface area contributed by atoms with Gasteiger partial charge in [-0.1, -0.05) is 24.0 Å². The van der Waals surface area contributed by atoms with E-state index in [1.165, 1.54) is 25.3 Å². The number of ether oxygens (including phenoxy) is 1. The average molecular weight is 432 g/mol. The summed E-state index contributed by atoms with van der Waals surface area (Å²) in [5.74, 6) is 6.45. The number of aryl methyl sites for hydroxylation is 1. The molecule has 7 nitrogen and oxygen atoms in total. The Morgan fingerprint density at radius 1 is 1.22 bits per heavy atom. The van der Waals surface area contributed by atoms with Crippen molar-refractivity contribution in [1.29, 1.82) is 0 Å². The van der Waals surface area contributed by atoms with E-state index in [0.717, 1.165) is 0 Å². The van der Waals surface area contributed by atoms with Gasteiger partial charge < -0.3 is 20.0 Å². The van der Waals surface area contributed by atoms with Crippen LogP contribution in [0.4, 0.5) is 4.39 Å². The van der Waals surface area contributed by atoms with Crippen LogP contribution in [0.25, 0.3) is 22.3 Å². The molecule has 162 valence electrons. The zero-order valence-corrected chi connectivity index (χ0v) is 17.6. The molecule has 4 rings (SSSR count). The zero-order valence-electron chi connectivity index (χ0n) is 17.6.